The van der Waals surface area contributed by atoms with Gasteiger partial charge in [0.05, 0.1) is 36.6 Å². The van der Waals surface area contributed by atoms with Crippen molar-refractivity contribution in [1.29, 1.82) is 0 Å². The molecule has 0 atom stereocenters. The van der Waals surface area contributed by atoms with Crippen LogP contribution < -0.4 is 19.5 Å². The smallest absolute Gasteiger partial charge is 0.286 e. The molecule has 2 N–H and O–H groups in total. The minimum atomic E-state index is -3.77. The molecule has 0 aliphatic rings. The van der Waals surface area contributed by atoms with Crippen LogP contribution in [0.3, 0.4) is 0 Å². The molecule has 2 aromatic rings. The Morgan fingerprint density at radius 1 is 1.16 bits per heavy atom. The molecule has 0 saturated heterocycles. The number of carbonyl (C=O) groups is 1. The number of hydrogen-bond acceptors (Lipinski definition) is 8. The van der Waals surface area contributed by atoms with Crippen molar-refractivity contribution in [2.24, 2.45) is 0 Å². The highest BCUT2D eigenvalue weighted by Gasteiger charge is 2.25. The number of halogens is 1. The quantitative estimate of drug-likeness (QED) is 0.314. The summed E-state index contributed by atoms with van der Waals surface area (Å²) in [6.07, 6.45) is 0.837. The van der Waals surface area contributed by atoms with Crippen LogP contribution in [-0.2, 0) is 14.8 Å². The van der Waals surface area contributed by atoms with Gasteiger partial charge < -0.3 is 19.5 Å². The summed E-state index contributed by atoms with van der Waals surface area (Å²) in [5.41, 5.74) is -1.29. The number of rotatable bonds is 10. The molecule has 31 heavy (non-hydrogen) atoms. The van der Waals surface area contributed by atoms with Gasteiger partial charge in [-0.25, -0.2) is 12.8 Å². The van der Waals surface area contributed by atoms with Crippen LogP contribution in [0.1, 0.15) is 10.4 Å². The minimum Gasteiger partial charge on any atom is -0.493 e. The van der Waals surface area contributed by atoms with Gasteiger partial charge in [-0.05, 0) is 18.2 Å². The molecule has 13 heteroatoms. The van der Waals surface area contributed by atoms with Crippen LogP contribution in [0.4, 0.5) is 21.5 Å². The molecule has 0 saturated carbocycles. The third kappa shape index (κ3) is 6.52. The van der Waals surface area contributed by atoms with E-state index in [1.807, 2.05) is 4.72 Å². The van der Waals surface area contributed by atoms with Crippen molar-refractivity contribution >= 4 is 33.0 Å². The SMILES string of the molecule is COCCOc1cc([N+](=O)[O-])c(C(=O)Nc2ccc(F)c(NS(C)(=O)=O)c2)cc1OC. The maximum atomic E-state index is 13.8. The summed E-state index contributed by atoms with van der Waals surface area (Å²) in [7, 11) is -1.01. The fourth-order valence-corrected chi connectivity index (χ4v) is 3.02. The van der Waals surface area contributed by atoms with Crippen molar-refractivity contribution in [2.75, 3.05) is 43.7 Å². The van der Waals surface area contributed by atoms with E-state index in [-0.39, 0.29) is 36.0 Å². The molecule has 0 unspecified atom stereocenters. The predicted molar refractivity (Wildman–Crippen MR) is 110 cm³/mol. The Morgan fingerprint density at radius 3 is 2.45 bits per heavy atom. The number of ether oxygens (including phenoxy) is 3. The van der Waals surface area contributed by atoms with Gasteiger partial charge in [0.15, 0.2) is 11.5 Å². The average Bonchev–Trinajstić information content (AvgIpc) is 2.69. The molecule has 0 fully saturated rings. The fourth-order valence-electron chi connectivity index (χ4n) is 2.47. The second-order valence-electron chi connectivity index (χ2n) is 6.14. The van der Waals surface area contributed by atoms with Crippen molar-refractivity contribution in [1.82, 2.24) is 0 Å². The summed E-state index contributed by atoms with van der Waals surface area (Å²) in [5, 5.41) is 13.9. The van der Waals surface area contributed by atoms with Crippen molar-refractivity contribution in [3.8, 4) is 11.5 Å². The van der Waals surface area contributed by atoms with Gasteiger partial charge in [0, 0.05) is 18.9 Å². The van der Waals surface area contributed by atoms with E-state index < -0.39 is 38.0 Å². The molecular formula is C18H20FN3O8S. The molecule has 168 valence electrons. The molecular weight excluding hydrogens is 437 g/mol. The summed E-state index contributed by atoms with van der Waals surface area (Å²) in [4.78, 5) is 23.4. The summed E-state index contributed by atoms with van der Waals surface area (Å²) in [5.74, 6) is -1.64. The van der Waals surface area contributed by atoms with Gasteiger partial charge in [-0.15, -0.1) is 0 Å². The first-order valence-corrected chi connectivity index (χ1v) is 10.5. The van der Waals surface area contributed by atoms with Crippen molar-refractivity contribution in [3.63, 3.8) is 0 Å². The number of carbonyl (C=O) groups excluding carboxylic acids is 1. The molecule has 0 aromatic heterocycles. The molecule has 1 amide bonds. The largest absolute Gasteiger partial charge is 0.493 e. The van der Waals surface area contributed by atoms with Gasteiger partial charge in [0.1, 0.15) is 18.0 Å². The Morgan fingerprint density at radius 2 is 1.87 bits per heavy atom. The molecule has 0 bridgehead atoms. The van der Waals surface area contributed by atoms with E-state index in [1.165, 1.54) is 20.3 Å². The Hall–Kier alpha value is -3.45. The van der Waals surface area contributed by atoms with Crippen LogP contribution in [0.15, 0.2) is 30.3 Å². The standard InChI is InChI=1S/C18H20FN3O8S/c1-28-6-7-30-17-10-15(22(24)25)12(9-16(17)29-2)18(23)20-11-4-5-13(19)14(8-11)21-31(3,26)27/h4-5,8-10,21H,6-7H2,1-3H3,(H,20,23). The molecule has 0 aliphatic carbocycles. The van der Waals surface area contributed by atoms with Crippen LogP contribution in [-0.4, -0.2) is 52.9 Å². The topological polar surface area (TPSA) is 146 Å². The summed E-state index contributed by atoms with van der Waals surface area (Å²) < 4.78 is 53.9. The lowest BCUT2D eigenvalue weighted by atomic mass is 10.1. The third-order valence-corrected chi connectivity index (χ3v) is 4.38. The Balaban J connectivity index is 2.38. The lowest BCUT2D eigenvalue weighted by molar-refractivity contribution is -0.385. The average molecular weight is 457 g/mol. The number of anilines is 2. The minimum absolute atomic E-state index is 0.00577. The van der Waals surface area contributed by atoms with Gasteiger partial charge in [-0.2, -0.15) is 0 Å². The second kappa shape index (κ2) is 10.0. The zero-order valence-electron chi connectivity index (χ0n) is 16.8. The van der Waals surface area contributed by atoms with Crippen LogP contribution in [0.25, 0.3) is 0 Å². The molecule has 11 nitrogen and oxygen atoms in total. The highest BCUT2D eigenvalue weighted by molar-refractivity contribution is 7.92. The second-order valence-corrected chi connectivity index (χ2v) is 7.89. The molecule has 0 aliphatic heterocycles. The monoisotopic (exact) mass is 457 g/mol. The summed E-state index contributed by atoms with van der Waals surface area (Å²) >= 11 is 0. The molecule has 2 aromatic carbocycles. The van der Waals surface area contributed by atoms with Crippen LogP contribution in [0.2, 0.25) is 0 Å². The van der Waals surface area contributed by atoms with Gasteiger partial charge in [-0.3, -0.25) is 19.6 Å². The molecule has 0 spiro atoms. The predicted octanol–water partition coefficient (Wildman–Crippen LogP) is 2.39. The number of amides is 1. The summed E-state index contributed by atoms with van der Waals surface area (Å²) in [6.45, 7) is 0.328. The lowest BCUT2D eigenvalue weighted by Gasteiger charge is -2.13. The number of nitrogens with one attached hydrogen (secondary N) is 2. The highest BCUT2D eigenvalue weighted by Crippen LogP contribution is 2.35. The number of hydrogen-bond donors (Lipinski definition) is 2. The van der Waals surface area contributed by atoms with Crippen molar-refractivity contribution in [2.45, 2.75) is 0 Å². The number of sulfonamides is 1. The van der Waals surface area contributed by atoms with E-state index >= 15 is 0 Å². The Labute approximate surface area is 177 Å². The number of nitro groups is 1. The van der Waals surface area contributed by atoms with Crippen LogP contribution in [0, 0.1) is 15.9 Å². The van der Waals surface area contributed by atoms with Crippen molar-refractivity contribution < 1.29 is 36.7 Å². The number of nitrogens with zero attached hydrogens (tertiary/aromatic N) is 1. The zero-order valence-corrected chi connectivity index (χ0v) is 17.6. The zero-order chi connectivity index (χ0) is 23.2. The Bertz CT molecular complexity index is 1090. The number of benzene rings is 2. The normalized spacial score (nSPS) is 11.0. The molecule has 2 rings (SSSR count). The maximum absolute atomic E-state index is 13.8. The highest BCUT2D eigenvalue weighted by atomic mass is 32.2. The van der Waals surface area contributed by atoms with Gasteiger partial charge in [-0.1, -0.05) is 0 Å². The van der Waals surface area contributed by atoms with E-state index in [0.29, 0.717) is 0 Å². The molecule has 0 radical (unpaired) electrons. The van der Waals surface area contributed by atoms with E-state index in [1.54, 1.807) is 0 Å². The lowest BCUT2D eigenvalue weighted by Crippen LogP contribution is -2.16. The van der Waals surface area contributed by atoms with E-state index in [4.69, 9.17) is 14.2 Å². The summed E-state index contributed by atoms with van der Waals surface area (Å²) in [6, 6.07) is 5.33. The van der Waals surface area contributed by atoms with Crippen LogP contribution in [0.5, 0.6) is 11.5 Å². The maximum Gasteiger partial charge on any atom is 0.286 e. The van der Waals surface area contributed by atoms with Gasteiger partial charge in [0.25, 0.3) is 11.6 Å². The third-order valence-electron chi connectivity index (χ3n) is 3.79. The van der Waals surface area contributed by atoms with Crippen molar-refractivity contribution in [3.05, 3.63) is 51.8 Å². The van der Waals surface area contributed by atoms with E-state index in [0.717, 1.165) is 30.5 Å². The van der Waals surface area contributed by atoms with Gasteiger partial charge in [0.2, 0.25) is 10.0 Å². The first-order chi connectivity index (χ1) is 14.6. The Kier molecular flexibility index (Phi) is 7.72. The first kappa shape index (κ1) is 23.8. The number of nitro benzene ring substituents is 1. The molecule has 0 heterocycles. The van der Waals surface area contributed by atoms with Gasteiger partial charge >= 0.3 is 0 Å². The van der Waals surface area contributed by atoms with E-state index in [2.05, 4.69) is 5.32 Å². The van der Waals surface area contributed by atoms with E-state index in [9.17, 15) is 27.7 Å². The van der Waals surface area contributed by atoms with Crippen LogP contribution >= 0.6 is 0 Å². The number of methoxy groups -OCH3 is 2. The first-order valence-electron chi connectivity index (χ1n) is 8.62. The fraction of sp³-hybridized carbons (Fsp3) is 0.278.